The first-order chi connectivity index (χ1) is 15.1. The minimum atomic E-state index is -0.845. The Balaban J connectivity index is 1.58. The van der Waals surface area contributed by atoms with Gasteiger partial charge in [-0.1, -0.05) is 79.4 Å². The van der Waals surface area contributed by atoms with Crippen LogP contribution < -0.4 is 0 Å². The van der Waals surface area contributed by atoms with E-state index in [4.69, 9.17) is 4.74 Å². The highest BCUT2D eigenvalue weighted by Crippen LogP contribution is 2.41. The third kappa shape index (κ3) is 3.34. The molecule has 1 aliphatic rings. The van der Waals surface area contributed by atoms with Crippen LogP contribution in [0.1, 0.15) is 45.1 Å². The molecular formula is C29H24O2. The van der Waals surface area contributed by atoms with Gasteiger partial charge in [-0.15, -0.1) is 0 Å². The average Bonchev–Trinajstić information content (AvgIpc) is 2.93. The lowest BCUT2D eigenvalue weighted by molar-refractivity contribution is 0.00598. The molecule has 152 valence electrons. The maximum atomic E-state index is 13.4. The number of hydrogen-bond donors (Lipinski definition) is 0. The van der Waals surface area contributed by atoms with Gasteiger partial charge in [0.15, 0.2) is 5.60 Å². The molecule has 0 saturated carbocycles. The Morgan fingerprint density at radius 3 is 2.06 bits per heavy atom. The van der Waals surface area contributed by atoms with E-state index in [1.807, 2.05) is 55.5 Å². The molecule has 0 aromatic heterocycles. The summed E-state index contributed by atoms with van der Waals surface area (Å²) in [6.45, 7) is 5.85. The van der Waals surface area contributed by atoms with Gasteiger partial charge < -0.3 is 4.74 Å². The molecule has 0 heterocycles. The predicted octanol–water partition coefficient (Wildman–Crippen LogP) is 6.70. The summed E-state index contributed by atoms with van der Waals surface area (Å²) in [7, 11) is 0. The Hall–Kier alpha value is -3.65. The summed E-state index contributed by atoms with van der Waals surface area (Å²) in [6, 6.07) is 28.4. The van der Waals surface area contributed by atoms with Crippen molar-refractivity contribution in [2.75, 3.05) is 0 Å². The van der Waals surface area contributed by atoms with Crippen LogP contribution >= 0.6 is 0 Å². The summed E-state index contributed by atoms with van der Waals surface area (Å²) >= 11 is 0. The van der Waals surface area contributed by atoms with Crippen molar-refractivity contribution >= 4 is 22.8 Å². The Kier molecular flexibility index (Phi) is 4.71. The number of ether oxygens (including phenoxy) is 1. The van der Waals surface area contributed by atoms with Crippen molar-refractivity contribution in [2.45, 2.75) is 25.4 Å². The zero-order chi connectivity index (χ0) is 21.4. The Bertz CT molecular complexity index is 1270. The molecule has 0 amide bonds. The van der Waals surface area contributed by atoms with Gasteiger partial charge in [0, 0.05) is 11.1 Å². The van der Waals surface area contributed by atoms with E-state index in [0.29, 0.717) is 5.56 Å². The molecule has 0 bridgehead atoms. The molecule has 4 aromatic carbocycles. The smallest absolute Gasteiger partial charge is 0.339 e. The van der Waals surface area contributed by atoms with Crippen LogP contribution in [0.3, 0.4) is 0 Å². The second-order valence-electron chi connectivity index (χ2n) is 8.26. The predicted molar refractivity (Wildman–Crippen MR) is 126 cm³/mol. The first-order valence-corrected chi connectivity index (χ1v) is 10.6. The van der Waals surface area contributed by atoms with Gasteiger partial charge in [-0.2, -0.15) is 0 Å². The zero-order valence-electron chi connectivity index (χ0n) is 17.6. The highest BCUT2D eigenvalue weighted by atomic mass is 16.6. The summed E-state index contributed by atoms with van der Waals surface area (Å²) < 4.78 is 6.34. The van der Waals surface area contributed by atoms with E-state index < -0.39 is 5.60 Å². The lowest BCUT2D eigenvalue weighted by Crippen LogP contribution is -2.31. The lowest BCUT2D eigenvalue weighted by Gasteiger charge is -2.32. The standard InChI is InChI=1S/C29H24O2/c1-3-20-12-13-24-19-25(17-16-23(24)18-20)28(30)31-29(2)26-10-6-4-8-21(26)14-15-22-9-5-7-11-27(22)29/h3-13,16-19H,1,14-15H2,2H3. The van der Waals surface area contributed by atoms with Crippen LogP contribution in [-0.4, -0.2) is 5.97 Å². The van der Waals surface area contributed by atoms with Crippen molar-refractivity contribution < 1.29 is 9.53 Å². The highest BCUT2D eigenvalue weighted by molar-refractivity contribution is 5.96. The Morgan fingerprint density at radius 2 is 1.42 bits per heavy atom. The average molecular weight is 405 g/mol. The molecule has 0 atom stereocenters. The summed E-state index contributed by atoms with van der Waals surface area (Å²) in [5, 5.41) is 2.08. The molecule has 31 heavy (non-hydrogen) atoms. The third-order valence-corrected chi connectivity index (χ3v) is 6.36. The van der Waals surface area contributed by atoms with Gasteiger partial charge in [0.25, 0.3) is 0 Å². The first kappa shape index (κ1) is 19.3. The van der Waals surface area contributed by atoms with E-state index >= 15 is 0 Å². The molecule has 2 nitrogen and oxygen atoms in total. The Morgan fingerprint density at radius 1 is 0.839 bits per heavy atom. The van der Waals surface area contributed by atoms with Gasteiger partial charge in [0.1, 0.15) is 0 Å². The minimum absolute atomic E-state index is 0.316. The van der Waals surface area contributed by atoms with E-state index in [9.17, 15) is 4.79 Å². The van der Waals surface area contributed by atoms with Crippen LogP contribution in [0.2, 0.25) is 0 Å². The molecule has 0 spiro atoms. The number of carbonyl (C=O) groups excluding carboxylic acids is 1. The maximum Gasteiger partial charge on any atom is 0.339 e. The van der Waals surface area contributed by atoms with Crippen LogP contribution in [0.25, 0.3) is 16.8 Å². The summed E-state index contributed by atoms with van der Waals surface area (Å²) in [4.78, 5) is 13.4. The lowest BCUT2D eigenvalue weighted by atomic mass is 9.85. The van der Waals surface area contributed by atoms with E-state index in [2.05, 4.69) is 49.0 Å². The van der Waals surface area contributed by atoms with Crippen molar-refractivity contribution in [1.82, 2.24) is 0 Å². The quantitative estimate of drug-likeness (QED) is 0.355. The van der Waals surface area contributed by atoms with Crippen molar-refractivity contribution in [3.8, 4) is 0 Å². The third-order valence-electron chi connectivity index (χ3n) is 6.36. The van der Waals surface area contributed by atoms with Crippen LogP contribution in [0.15, 0.2) is 91.5 Å². The zero-order valence-corrected chi connectivity index (χ0v) is 17.6. The van der Waals surface area contributed by atoms with E-state index in [1.165, 1.54) is 11.1 Å². The van der Waals surface area contributed by atoms with Gasteiger partial charge in [0.05, 0.1) is 5.56 Å². The number of carbonyl (C=O) groups is 1. The normalized spacial score (nSPS) is 14.2. The summed E-state index contributed by atoms with van der Waals surface area (Å²) in [5.74, 6) is -0.316. The SMILES string of the molecule is C=Cc1ccc2cc(C(=O)OC3(C)c4ccccc4CCc4ccccc43)ccc2c1. The number of hydrogen-bond acceptors (Lipinski definition) is 2. The molecule has 2 heteroatoms. The monoisotopic (exact) mass is 404 g/mol. The van der Waals surface area contributed by atoms with Crippen LogP contribution in [0.5, 0.6) is 0 Å². The van der Waals surface area contributed by atoms with Gasteiger partial charge in [0.2, 0.25) is 0 Å². The number of esters is 1. The molecule has 0 fully saturated rings. The first-order valence-electron chi connectivity index (χ1n) is 10.6. The van der Waals surface area contributed by atoms with Crippen LogP contribution in [0.4, 0.5) is 0 Å². The molecule has 4 aromatic rings. The van der Waals surface area contributed by atoms with Crippen LogP contribution in [0, 0.1) is 0 Å². The molecule has 0 radical (unpaired) electrons. The largest absolute Gasteiger partial charge is 0.446 e. The van der Waals surface area contributed by atoms with Gasteiger partial charge >= 0.3 is 5.97 Å². The summed E-state index contributed by atoms with van der Waals surface area (Å²) in [6.07, 6.45) is 3.69. The van der Waals surface area contributed by atoms with Crippen molar-refractivity contribution in [1.29, 1.82) is 0 Å². The molecule has 0 N–H and O–H groups in total. The Labute approximate surface area is 182 Å². The second kappa shape index (κ2) is 7.55. The number of aryl methyl sites for hydroxylation is 2. The van der Waals surface area contributed by atoms with Crippen LogP contribution in [-0.2, 0) is 23.2 Å². The van der Waals surface area contributed by atoms with Crippen molar-refractivity contribution in [3.63, 3.8) is 0 Å². The number of benzene rings is 4. The molecule has 5 rings (SSSR count). The fourth-order valence-corrected chi connectivity index (χ4v) is 4.69. The van der Waals surface area contributed by atoms with Crippen molar-refractivity contribution in [3.05, 3.63) is 125 Å². The maximum absolute atomic E-state index is 13.4. The summed E-state index contributed by atoms with van der Waals surface area (Å²) in [5.41, 5.74) is 5.34. The van der Waals surface area contributed by atoms with Crippen molar-refractivity contribution in [2.24, 2.45) is 0 Å². The molecule has 0 aliphatic heterocycles. The molecular weight excluding hydrogens is 380 g/mol. The number of rotatable bonds is 3. The second-order valence-corrected chi connectivity index (χ2v) is 8.26. The highest BCUT2D eigenvalue weighted by Gasteiger charge is 2.38. The van der Waals surface area contributed by atoms with Gasteiger partial charge in [-0.25, -0.2) is 4.79 Å². The van der Waals surface area contributed by atoms with Gasteiger partial charge in [-0.05, 0) is 65.4 Å². The number of fused-ring (bicyclic) bond motifs is 3. The molecule has 0 unspecified atom stereocenters. The van der Waals surface area contributed by atoms with Gasteiger partial charge in [-0.3, -0.25) is 0 Å². The topological polar surface area (TPSA) is 26.3 Å². The minimum Gasteiger partial charge on any atom is -0.446 e. The fraction of sp³-hybridized carbons (Fsp3) is 0.138. The van der Waals surface area contributed by atoms with E-state index in [1.54, 1.807) is 0 Å². The van der Waals surface area contributed by atoms with E-state index in [0.717, 1.165) is 40.3 Å². The fourth-order valence-electron chi connectivity index (χ4n) is 4.69. The molecule has 1 aliphatic carbocycles. The van der Waals surface area contributed by atoms with E-state index in [-0.39, 0.29) is 5.97 Å². The molecule has 0 saturated heterocycles.